The second-order valence-electron chi connectivity index (χ2n) is 4.28. The Morgan fingerprint density at radius 2 is 1.94 bits per heavy atom. The van der Waals surface area contributed by atoms with E-state index in [-0.39, 0.29) is 0 Å². The van der Waals surface area contributed by atoms with Crippen LogP contribution in [0.3, 0.4) is 0 Å². The number of benzene rings is 1. The summed E-state index contributed by atoms with van der Waals surface area (Å²) in [5.41, 5.74) is 3.14. The van der Waals surface area contributed by atoms with Gasteiger partial charge in [-0.1, -0.05) is 12.1 Å². The number of hydrogen-bond acceptors (Lipinski definition) is 3. The molecule has 1 atom stereocenters. The van der Waals surface area contributed by atoms with Crippen molar-refractivity contribution in [2.24, 2.45) is 0 Å². The van der Waals surface area contributed by atoms with E-state index in [2.05, 4.69) is 0 Å². The van der Waals surface area contributed by atoms with Gasteiger partial charge in [0, 0.05) is 19.3 Å². The monoisotopic (exact) mass is 238 g/mol. The van der Waals surface area contributed by atoms with E-state index in [0.29, 0.717) is 13.0 Å². The number of aliphatic hydroxyl groups excluding tert-OH is 1. The van der Waals surface area contributed by atoms with Gasteiger partial charge in [0.2, 0.25) is 0 Å². The lowest BCUT2D eigenvalue weighted by Gasteiger charge is -2.17. The Balaban J connectivity index is 2.85. The van der Waals surface area contributed by atoms with Crippen molar-refractivity contribution in [1.82, 2.24) is 0 Å². The lowest BCUT2D eigenvalue weighted by Crippen LogP contribution is -2.04. The average Bonchev–Trinajstić information content (AvgIpc) is 2.32. The topological polar surface area (TPSA) is 38.7 Å². The molecule has 0 bridgehead atoms. The molecule has 0 saturated heterocycles. The quantitative estimate of drug-likeness (QED) is 0.774. The highest BCUT2D eigenvalue weighted by atomic mass is 16.5. The largest absolute Gasteiger partial charge is 0.496 e. The third-order valence-electron chi connectivity index (χ3n) is 3.10. The Morgan fingerprint density at radius 1 is 1.24 bits per heavy atom. The molecule has 3 heteroatoms. The molecule has 0 amide bonds. The minimum absolute atomic E-state index is 0.487. The molecule has 3 nitrogen and oxygen atoms in total. The first kappa shape index (κ1) is 14.0. The van der Waals surface area contributed by atoms with Gasteiger partial charge in [-0.05, 0) is 37.8 Å². The normalized spacial score (nSPS) is 12.5. The SMILES string of the molecule is COCCCC(O)c1ccc(C)c(C)c1OC. The van der Waals surface area contributed by atoms with E-state index in [0.717, 1.165) is 23.3 Å². The summed E-state index contributed by atoms with van der Waals surface area (Å²) in [5.74, 6) is 0.801. The molecule has 1 N–H and O–H groups in total. The Kier molecular flexibility index (Phi) is 5.45. The minimum atomic E-state index is -0.487. The summed E-state index contributed by atoms with van der Waals surface area (Å²) < 4.78 is 10.4. The van der Waals surface area contributed by atoms with Crippen molar-refractivity contribution in [3.05, 3.63) is 28.8 Å². The molecule has 1 aromatic carbocycles. The van der Waals surface area contributed by atoms with Crippen molar-refractivity contribution in [3.8, 4) is 5.75 Å². The van der Waals surface area contributed by atoms with Crippen LogP contribution in [0.1, 0.15) is 35.6 Å². The Morgan fingerprint density at radius 3 is 2.53 bits per heavy atom. The average molecular weight is 238 g/mol. The first-order chi connectivity index (χ1) is 8.11. The van der Waals surface area contributed by atoms with E-state index in [1.54, 1.807) is 14.2 Å². The molecule has 0 aromatic heterocycles. The second-order valence-corrected chi connectivity index (χ2v) is 4.28. The van der Waals surface area contributed by atoms with Crippen molar-refractivity contribution in [2.75, 3.05) is 20.8 Å². The molecule has 0 spiro atoms. The zero-order valence-electron chi connectivity index (χ0n) is 11.1. The van der Waals surface area contributed by atoms with Crippen molar-refractivity contribution < 1.29 is 14.6 Å². The summed E-state index contributed by atoms with van der Waals surface area (Å²) in [6.45, 7) is 4.72. The van der Waals surface area contributed by atoms with Crippen molar-refractivity contribution >= 4 is 0 Å². The van der Waals surface area contributed by atoms with E-state index in [1.807, 2.05) is 26.0 Å². The molecule has 0 fully saturated rings. The Bertz CT molecular complexity index is 361. The van der Waals surface area contributed by atoms with Gasteiger partial charge in [0.15, 0.2) is 0 Å². The van der Waals surface area contributed by atoms with E-state index in [4.69, 9.17) is 9.47 Å². The fourth-order valence-electron chi connectivity index (χ4n) is 1.92. The number of ether oxygens (including phenoxy) is 2. The van der Waals surface area contributed by atoms with Crippen LogP contribution in [-0.2, 0) is 4.74 Å². The third kappa shape index (κ3) is 3.45. The summed E-state index contributed by atoms with van der Waals surface area (Å²) >= 11 is 0. The Hall–Kier alpha value is -1.06. The van der Waals surface area contributed by atoms with Crippen LogP contribution in [0.25, 0.3) is 0 Å². The van der Waals surface area contributed by atoms with Gasteiger partial charge < -0.3 is 14.6 Å². The van der Waals surface area contributed by atoms with Crippen molar-refractivity contribution in [1.29, 1.82) is 0 Å². The zero-order valence-corrected chi connectivity index (χ0v) is 11.1. The molecule has 0 saturated carbocycles. The molecule has 0 heterocycles. The predicted octanol–water partition coefficient (Wildman–Crippen LogP) is 2.77. The maximum Gasteiger partial charge on any atom is 0.127 e. The van der Waals surface area contributed by atoms with Crippen LogP contribution >= 0.6 is 0 Å². The van der Waals surface area contributed by atoms with Crippen LogP contribution in [0.15, 0.2) is 12.1 Å². The number of hydrogen-bond donors (Lipinski definition) is 1. The van der Waals surface area contributed by atoms with E-state index >= 15 is 0 Å². The van der Waals surface area contributed by atoms with Crippen LogP contribution in [0.4, 0.5) is 0 Å². The molecular formula is C14H22O3. The summed E-state index contributed by atoms with van der Waals surface area (Å²) in [6.07, 6.45) is 1.04. The maximum absolute atomic E-state index is 10.1. The lowest BCUT2D eigenvalue weighted by molar-refractivity contribution is 0.134. The Labute approximate surface area is 103 Å². The number of rotatable bonds is 6. The molecule has 1 aromatic rings. The molecule has 96 valence electrons. The molecular weight excluding hydrogens is 216 g/mol. The van der Waals surface area contributed by atoms with Crippen LogP contribution in [0.5, 0.6) is 5.75 Å². The van der Waals surface area contributed by atoms with Gasteiger partial charge in [-0.2, -0.15) is 0 Å². The van der Waals surface area contributed by atoms with Gasteiger partial charge in [-0.25, -0.2) is 0 Å². The van der Waals surface area contributed by atoms with Gasteiger partial charge in [-0.3, -0.25) is 0 Å². The molecule has 1 rings (SSSR count). The fourth-order valence-corrected chi connectivity index (χ4v) is 1.92. The molecule has 0 aliphatic rings. The van der Waals surface area contributed by atoms with E-state index in [1.165, 1.54) is 5.56 Å². The highest BCUT2D eigenvalue weighted by Gasteiger charge is 2.15. The molecule has 0 radical (unpaired) electrons. The van der Waals surface area contributed by atoms with Crippen molar-refractivity contribution in [2.45, 2.75) is 32.8 Å². The first-order valence-electron chi connectivity index (χ1n) is 5.93. The number of aryl methyl sites for hydroxylation is 1. The predicted molar refractivity (Wildman–Crippen MR) is 68.5 cm³/mol. The van der Waals surface area contributed by atoms with Gasteiger partial charge in [0.05, 0.1) is 13.2 Å². The molecule has 17 heavy (non-hydrogen) atoms. The standard InChI is InChI=1S/C14H22O3/c1-10-7-8-12(14(17-4)11(10)2)13(15)6-5-9-16-3/h7-8,13,15H,5-6,9H2,1-4H3. The van der Waals surface area contributed by atoms with Crippen molar-refractivity contribution in [3.63, 3.8) is 0 Å². The van der Waals surface area contributed by atoms with Crippen LogP contribution < -0.4 is 4.74 Å². The highest BCUT2D eigenvalue weighted by Crippen LogP contribution is 2.32. The molecule has 1 unspecified atom stereocenters. The number of aliphatic hydroxyl groups is 1. The molecule has 0 aliphatic carbocycles. The lowest BCUT2D eigenvalue weighted by atomic mass is 9.98. The van der Waals surface area contributed by atoms with Gasteiger partial charge in [0.25, 0.3) is 0 Å². The van der Waals surface area contributed by atoms with Crippen LogP contribution in [0.2, 0.25) is 0 Å². The maximum atomic E-state index is 10.1. The van der Waals surface area contributed by atoms with Gasteiger partial charge in [-0.15, -0.1) is 0 Å². The van der Waals surface area contributed by atoms with Gasteiger partial charge in [0.1, 0.15) is 5.75 Å². The van der Waals surface area contributed by atoms with Crippen LogP contribution in [-0.4, -0.2) is 25.9 Å². The zero-order chi connectivity index (χ0) is 12.8. The van der Waals surface area contributed by atoms with Gasteiger partial charge >= 0.3 is 0 Å². The summed E-state index contributed by atoms with van der Waals surface area (Å²) in [4.78, 5) is 0. The minimum Gasteiger partial charge on any atom is -0.496 e. The smallest absolute Gasteiger partial charge is 0.127 e. The summed E-state index contributed by atoms with van der Waals surface area (Å²) in [5, 5.41) is 10.1. The van der Waals surface area contributed by atoms with E-state index < -0.39 is 6.10 Å². The van der Waals surface area contributed by atoms with Crippen LogP contribution in [0, 0.1) is 13.8 Å². The summed E-state index contributed by atoms with van der Waals surface area (Å²) in [6, 6.07) is 3.96. The highest BCUT2D eigenvalue weighted by molar-refractivity contribution is 5.46. The summed E-state index contributed by atoms with van der Waals surface area (Å²) in [7, 11) is 3.32. The van der Waals surface area contributed by atoms with E-state index in [9.17, 15) is 5.11 Å². The first-order valence-corrected chi connectivity index (χ1v) is 5.93. The molecule has 0 aliphatic heterocycles. The second kappa shape index (κ2) is 6.62. The number of methoxy groups -OCH3 is 2. The third-order valence-corrected chi connectivity index (χ3v) is 3.10. The fraction of sp³-hybridized carbons (Fsp3) is 0.571.